The number of carbonyl (C=O) groups is 2. The molecule has 1 fully saturated rings. The summed E-state index contributed by atoms with van der Waals surface area (Å²) < 4.78 is 18.5. The lowest BCUT2D eigenvalue weighted by molar-refractivity contribution is -0.148. The number of aliphatic carboxylic acids is 1. The summed E-state index contributed by atoms with van der Waals surface area (Å²) in [4.78, 5) is 24.4. The molecule has 22 heavy (non-hydrogen) atoms. The molecular formula is C14H13FN2O4S. The number of hydrogen-bond donors (Lipinski definition) is 2. The summed E-state index contributed by atoms with van der Waals surface area (Å²) in [5, 5.41) is 9.02. The van der Waals surface area contributed by atoms with Crippen LogP contribution < -0.4 is 10.5 Å². The van der Waals surface area contributed by atoms with Gasteiger partial charge in [0, 0.05) is 17.4 Å². The minimum Gasteiger partial charge on any atom is -0.489 e. The van der Waals surface area contributed by atoms with Gasteiger partial charge in [0.2, 0.25) is 5.91 Å². The van der Waals surface area contributed by atoms with E-state index >= 15 is 0 Å². The minimum atomic E-state index is -1.19. The number of fused-ring (bicyclic) bond motifs is 1. The number of thioether (sulfide) groups is 1. The summed E-state index contributed by atoms with van der Waals surface area (Å²) in [5.74, 6) is -1.33. The van der Waals surface area contributed by atoms with E-state index in [4.69, 9.17) is 10.5 Å². The maximum absolute atomic E-state index is 13.1. The average molecular weight is 324 g/mol. The van der Waals surface area contributed by atoms with Gasteiger partial charge in [-0.25, -0.2) is 9.18 Å². The van der Waals surface area contributed by atoms with E-state index in [0.29, 0.717) is 17.1 Å². The normalized spacial score (nSPS) is 23.9. The standard InChI is InChI=1S/C14H13FN2O4S/c15-8-2-1-3-9(4-8)21-5-7-6-22-13-10(16)12(18)17(13)11(7)14(19)20/h1-4,10,13H,5-6,16H2,(H,19,20). The molecule has 0 aliphatic carbocycles. The number of ether oxygens (including phenoxy) is 1. The zero-order chi connectivity index (χ0) is 15.9. The molecule has 2 aliphatic rings. The molecule has 0 spiro atoms. The highest BCUT2D eigenvalue weighted by molar-refractivity contribution is 8.00. The molecule has 1 aromatic rings. The first-order chi connectivity index (χ1) is 10.5. The van der Waals surface area contributed by atoms with E-state index in [0.717, 1.165) is 0 Å². The first-order valence-electron chi connectivity index (χ1n) is 6.53. The quantitative estimate of drug-likeness (QED) is 0.795. The fourth-order valence-corrected chi connectivity index (χ4v) is 3.69. The number of hydrogen-bond acceptors (Lipinski definition) is 5. The summed E-state index contributed by atoms with van der Waals surface area (Å²) in [6.07, 6.45) is 0. The number of β-lactam (4-membered cyclic amide) rings is 1. The monoisotopic (exact) mass is 324 g/mol. The van der Waals surface area contributed by atoms with E-state index in [1.54, 1.807) is 6.07 Å². The van der Waals surface area contributed by atoms with Crippen molar-refractivity contribution in [3.8, 4) is 5.75 Å². The van der Waals surface area contributed by atoms with Crippen molar-refractivity contribution in [1.29, 1.82) is 0 Å². The summed E-state index contributed by atoms with van der Waals surface area (Å²) in [6.45, 7) is -0.0240. The van der Waals surface area contributed by atoms with E-state index in [1.807, 2.05) is 0 Å². The van der Waals surface area contributed by atoms with Crippen molar-refractivity contribution in [2.45, 2.75) is 11.4 Å². The van der Waals surface area contributed by atoms with Crippen LogP contribution in [0.15, 0.2) is 35.5 Å². The largest absolute Gasteiger partial charge is 0.489 e. The number of halogens is 1. The molecule has 2 heterocycles. The maximum atomic E-state index is 13.1. The van der Waals surface area contributed by atoms with E-state index in [9.17, 15) is 19.1 Å². The van der Waals surface area contributed by atoms with Crippen LogP contribution in [0.25, 0.3) is 0 Å². The van der Waals surface area contributed by atoms with Crippen LogP contribution in [0.1, 0.15) is 0 Å². The molecule has 2 atom stereocenters. The van der Waals surface area contributed by atoms with Crippen LogP contribution in [-0.2, 0) is 9.59 Å². The summed E-state index contributed by atoms with van der Waals surface area (Å²) in [7, 11) is 0. The number of rotatable bonds is 4. The van der Waals surface area contributed by atoms with Crippen molar-refractivity contribution < 1.29 is 23.8 Å². The van der Waals surface area contributed by atoms with E-state index in [-0.39, 0.29) is 17.7 Å². The van der Waals surface area contributed by atoms with Crippen molar-refractivity contribution in [2.24, 2.45) is 5.73 Å². The molecule has 1 aromatic carbocycles. The van der Waals surface area contributed by atoms with Gasteiger partial charge in [-0.1, -0.05) is 6.07 Å². The Bertz CT molecular complexity index is 679. The molecule has 8 heteroatoms. The first kappa shape index (κ1) is 14.9. The van der Waals surface area contributed by atoms with Gasteiger partial charge in [0.05, 0.1) is 0 Å². The molecule has 3 rings (SSSR count). The average Bonchev–Trinajstić information content (AvgIpc) is 2.51. The number of carboxylic acids is 1. The van der Waals surface area contributed by atoms with E-state index in [1.165, 1.54) is 34.9 Å². The lowest BCUT2D eigenvalue weighted by Crippen LogP contribution is -2.68. The number of carbonyl (C=O) groups excluding carboxylic acids is 1. The molecule has 2 aliphatic heterocycles. The molecule has 6 nitrogen and oxygen atoms in total. The maximum Gasteiger partial charge on any atom is 0.352 e. The van der Waals surface area contributed by atoms with Gasteiger partial charge in [-0.3, -0.25) is 9.69 Å². The Morgan fingerprint density at radius 1 is 1.55 bits per heavy atom. The second kappa shape index (κ2) is 5.62. The van der Waals surface area contributed by atoms with Gasteiger partial charge < -0.3 is 15.6 Å². The Labute approximate surface area is 129 Å². The Morgan fingerprint density at radius 2 is 2.32 bits per heavy atom. The van der Waals surface area contributed by atoms with Gasteiger partial charge in [0.25, 0.3) is 0 Å². The number of benzene rings is 1. The SMILES string of the molecule is NC1C(=O)N2C(C(=O)O)=C(COc3cccc(F)c3)CSC12. The fraction of sp³-hybridized carbons (Fsp3) is 0.286. The Hall–Kier alpha value is -2.06. The molecule has 3 N–H and O–H groups in total. The van der Waals surface area contributed by atoms with E-state index < -0.39 is 23.7 Å². The highest BCUT2D eigenvalue weighted by Crippen LogP contribution is 2.39. The highest BCUT2D eigenvalue weighted by Gasteiger charge is 2.51. The van der Waals surface area contributed by atoms with Crippen LogP contribution in [0, 0.1) is 5.82 Å². The molecule has 2 unspecified atom stereocenters. The third-order valence-electron chi connectivity index (χ3n) is 3.50. The molecule has 0 saturated carbocycles. The summed E-state index contributed by atoms with van der Waals surface area (Å²) >= 11 is 1.40. The van der Waals surface area contributed by atoms with Gasteiger partial charge in [-0.2, -0.15) is 0 Å². The highest BCUT2D eigenvalue weighted by atomic mass is 32.2. The topological polar surface area (TPSA) is 92.9 Å². The molecule has 0 radical (unpaired) electrons. The Morgan fingerprint density at radius 3 is 3.00 bits per heavy atom. The minimum absolute atomic E-state index is 0.0240. The smallest absolute Gasteiger partial charge is 0.352 e. The number of carboxylic acid groups (broad SMARTS) is 1. The first-order valence-corrected chi connectivity index (χ1v) is 7.58. The number of amides is 1. The molecule has 116 valence electrons. The van der Waals surface area contributed by atoms with Crippen LogP contribution in [0.4, 0.5) is 4.39 Å². The predicted molar refractivity (Wildman–Crippen MR) is 77.6 cm³/mol. The predicted octanol–water partition coefficient (Wildman–Crippen LogP) is 0.786. The van der Waals surface area contributed by atoms with Gasteiger partial charge in [-0.15, -0.1) is 11.8 Å². The van der Waals surface area contributed by atoms with Gasteiger partial charge in [0.15, 0.2) is 0 Å². The van der Waals surface area contributed by atoms with Crippen molar-refractivity contribution in [1.82, 2.24) is 4.90 Å². The lowest BCUT2D eigenvalue weighted by Gasteiger charge is -2.47. The van der Waals surface area contributed by atoms with Gasteiger partial charge in [0.1, 0.15) is 35.3 Å². The van der Waals surface area contributed by atoms with Gasteiger partial charge in [-0.05, 0) is 12.1 Å². The van der Waals surface area contributed by atoms with Crippen molar-refractivity contribution in [2.75, 3.05) is 12.4 Å². The molecule has 1 amide bonds. The molecule has 0 bridgehead atoms. The van der Waals surface area contributed by atoms with Crippen LogP contribution in [-0.4, -0.2) is 45.7 Å². The summed E-state index contributed by atoms with van der Waals surface area (Å²) in [5.41, 5.74) is 6.06. The summed E-state index contributed by atoms with van der Waals surface area (Å²) in [6, 6.07) is 4.92. The third-order valence-corrected chi connectivity index (χ3v) is 4.86. The van der Waals surface area contributed by atoms with Crippen LogP contribution in [0.3, 0.4) is 0 Å². The zero-order valence-corrected chi connectivity index (χ0v) is 12.2. The Balaban J connectivity index is 1.81. The Kier molecular flexibility index (Phi) is 3.79. The molecule has 1 saturated heterocycles. The second-order valence-corrected chi connectivity index (χ2v) is 6.04. The second-order valence-electron chi connectivity index (χ2n) is 4.94. The van der Waals surface area contributed by atoms with Crippen LogP contribution in [0.5, 0.6) is 5.75 Å². The zero-order valence-electron chi connectivity index (χ0n) is 11.4. The molecule has 0 aromatic heterocycles. The fourth-order valence-electron chi connectivity index (χ4n) is 2.42. The van der Waals surface area contributed by atoms with Gasteiger partial charge >= 0.3 is 5.97 Å². The van der Waals surface area contributed by atoms with Crippen LogP contribution in [0.2, 0.25) is 0 Å². The van der Waals surface area contributed by atoms with Crippen LogP contribution >= 0.6 is 11.8 Å². The van der Waals surface area contributed by atoms with Crippen molar-refractivity contribution >= 4 is 23.6 Å². The number of nitrogens with two attached hydrogens (primary N) is 1. The van der Waals surface area contributed by atoms with E-state index in [2.05, 4.69) is 0 Å². The van der Waals surface area contributed by atoms with Crippen molar-refractivity contribution in [3.05, 3.63) is 41.4 Å². The molecular weight excluding hydrogens is 311 g/mol. The lowest BCUT2D eigenvalue weighted by atomic mass is 10.0. The van der Waals surface area contributed by atoms with Crippen molar-refractivity contribution in [3.63, 3.8) is 0 Å². The third kappa shape index (κ3) is 2.44. The number of nitrogens with zero attached hydrogens (tertiary/aromatic N) is 1.